The molecule has 2 N–H and O–H groups in total. The summed E-state index contributed by atoms with van der Waals surface area (Å²) in [4.78, 5) is 2.76. The number of hydrogen-bond donors (Lipinski definition) is 1. The minimum absolute atomic E-state index is 0.216. The van der Waals surface area contributed by atoms with E-state index < -0.39 is 0 Å². The first-order valence-corrected chi connectivity index (χ1v) is 5.72. The Hall–Kier alpha value is -0.340. The molecule has 74 valence electrons. The van der Waals surface area contributed by atoms with Crippen molar-refractivity contribution < 1.29 is 0 Å². The Morgan fingerprint density at radius 1 is 1.46 bits per heavy atom. The molecule has 0 spiro atoms. The zero-order chi connectivity index (χ0) is 10.0. The van der Waals surface area contributed by atoms with Crippen LogP contribution in [0.4, 0.5) is 0 Å². The van der Waals surface area contributed by atoms with E-state index in [9.17, 15) is 0 Å². The molecule has 1 unspecified atom stereocenters. The normalized spacial score (nSPS) is 13.7. The molecule has 0 bridgehead atoms. The van der Waals surface area contributed by atoms with Gasteiger partial charge in [0.05, 0.1) is 0 Å². The highest BCUT2D eigenvalue weighted by Gasteiger charge is 2.16. The third kappa shape index (κ3) is 2.32. The first-order chi connectivity index (χ1) is 6.06. The summed E-state index contributed by atoms with van der Waals surface area (Å²) in [5, 5.41) is 0. The summed E-state index contributed by atoms with van der Waals surface area (Å²) < 4.78 is 0. The van der Waals surface area contributed by atoms with Crippen molar-refractivity contribution in [2.75, 3.05) is 0 Å². The van der Waals surface area contributed by atoms with Gasteiger partial charge < -0.3 is 5.73 Å². The maximum absolute atomic E-state index is 6.14. The van der Waals surface area contributed by atoms with Gasteiger partial charge in [-0.2, -0.15) is 0 Å². The van der Waals surface area contributed by atoms with Crippen molar-refractivity contribution in [3.63, 3.8) is 0 Å². The molecule has 0 aliphatic heterocycles. The fourth-order valence-corrected chi connectivity index (χ4v) is 2.74. The van der Waals surface area contributed by atoms with Crippen LogP contribution in [-0.4, -0.2) is 0 Å². The Balaban J connectivity index is 2.98. The summed E-state index contributed by atoms with van der Waals surface area (Å²) in [7, 11) is 0. The molecule has 0 saturated heterocycles. The minimum Gasteiger partial charge on any atom is -0.323 e. The highest BCUT2D eigenvalue weighted by Crippen LogP contribution is 2.30. The number of thiophene rings is 1. The summed E-state index contributed by atoms with van der Waals surface area (Å²) in [6.07, 6.45) is 1.10. The smallest absolute Gasteiger partial charge is 0.0415 e. The molecule has 1 aromatic heterocycles. The molecule has 1 rings (SSSR count). The van der Waals surface area contributed by atoms with Crippen molar-refractivity contribution in [2.45, 2.75) is 40.2 Å². The standard InChI is InChI=1S/C11H19NS/c1-5-9-6-8(4)13-11(9)10(12)7(2)3/h6-7,10H,5,12H2,1-4H3. The second-order valence-corrected chi connectivity index (χ2v) is 5.16. The molecule has 1 atom stereocenters. The maximum atomic E-state index is 6.14. The highest BCUT2D eigenvalue weighted by atomic mass is 32.1. The summed E-state index contributed by atoms with van der Waals surface area (Å²) in [5.41, 5.74) is 7.57. The number of rotatable bonds is 3. The lowest BCUT2D eigenvalue weighted by atomic mass is 10.00. The predicted molar refractivity (Wildman–Crippen MR) is 60.2 cm³/mol. The third-order valence-corrected chi connectivity index (χ3v) is 3.56. The largest absolute Gasteiger partial charge is 0.323 e. The number of hydrogen-bond acceptors (Lipinski definition) is 2. The fourth-order valence-electron chi connectivity index (χ4n) is 1.45. The molecule has 0 amide bonds. The molecule has 0 saturated carbocycles. The SMILES string of the molecule is CCc1cc(C)sc1C(N)C(C)C. The van der Waals surface area contributed by atoms with Crippen LogP contribution in [0.15, 0.2) is 6.07 Å². The maximum Gasteiger partial charge on any atom is 0.0415 e. The molecule has 2 heteroatoms. The van der Waals surface area contributed by atoms with E-state index in [4.69, 9.17) is 5.73 Å². The molecule has 0 radical (unpaired) electrons. The first kappa shape index (κ1) is 10.7. The Morgan fingerprint density at radius 3 is 2.54 bits per heavy atom. The zero-order valence-corrected chi connectivity index (χ0v) is 9.74. The monoisotopic (exact) mass is 197 g/mol. The van der Waals surface area contributed by atoms with Crippen LogP contribution in [0, 0.1) is 12.8 Å². The van der Waals surface area contributed by atoms with E-state index in [1.54, 1.807) is 0 Å². The molecular formula is C11H19NS. The Bertz CT molecular complexity index is 276. The van der Waals surface area contributed by atoms with Crippen molar-refractivity contribution >= 4 is 11.3 Å². The first-order valence-electron chi connectivity index (χ1n) is 4.91. The van der Waals surface area contributed by atoms with Crippen LogP contribution in [0.3, 0.4) is 0 Å². The van der Waals surface area contributed by atoms with Gasteiger partial charge in [-0.05, 0) is 30.9 Å². The van der Waals surface area contributed by atoms with Crippen LogP contribution in [0.1, 0.15) is 42.1 Å². The average Bonchev–Trinajstić information content (AvgIpc) is 2.45. The van der Waals surface area contributed by atoms with Crippen LogP contribution in [0.5, 0.6) is 0 Å². The fraction of sp³-hybridized carbons (Fsp3) is 0.636. The summed E-state index contributed by atoms with van der Waals surface area (Å²) >= 11 is 1.85. The van der Waals surface area contributed by atoms with Crippen molar-refractivity contribution in [1.82, 2.24) is 0 Å². The van der Waals surface area contributed by atoms with Crippen molar-refractivity contribution in [3.05, 3.63) is 21.4 Å². The molecule has 1 nitrogen and oxygen atoms in total. The quantitative estimate of drug-likeness (QED) is 0.790. The predicted octanol–water partition coefficient (Wildman–Crippen LogP) is 3.27. The number of aryl methyl sites for hydroxylation is 2. The van der Waals surface area contributed by atoms with Gasteiger partial charge in [-0.15, -0.1) is 11.3 Å². The van der Waals surface area contributed by atoms with E-state index in [2.05, 4.69) is 33.8 Å². The molecule has 1 aromatic rings. The lowest BCUT2D eigenvalue weighted by Gasteiger charge is -2.15. The van der Waals surface area contributed by atoms with Gasteiger partial charge >= 0.3 is 0 Å². The molecule has 0 aromatic carbocycles. The summed E-state index contributed by atoms with van der Waals surface area (Å²) in [6, 6.07) is 2.48. The second-order valence-electron chi connectivity index (χ2n) is 3.87. The van der Waals surface area contributed by atoms with Crippen molar-refractivity contribution in [3.8, 4) is 0 Å². The van der Waals surface area contributed by atoms with Crippen LogP contribution in [0.25, 0.3) is 0 Å². The van der Waals surface area contributed by atoms with Gasteiger partial charge in [-0.25, -0.2) is 0 Å². The van der Waals surface area contributed by atoms with Crippen LogP contribution >= 0.6 is 11.3 Å². The van der Waals surface area contributed by atoms with Crippen LogP contribution < -0.4 is 5.73 Å². The Morgan fingerprint density at radius 2 is 2.08 bits per heavy atom. The van der Waals surface area contributed by atoms with Crippen molar-refractivity contribution in [1.29, 1.82) is 0 Å². The lowest BCUT2D eigenvalue weighted by Crippen LogP contribution is -2.16. The average molecular weight is 197 g/mol. The molecule has 1 heterocycles. The van der Waals surface area contributed by atoms with Gasteiger partial charge in [-0.1, -0.05) is 20.8 Å². The van der Waals surface area contributed by atoms with E-state index in [-0.39, 0.29) is 6.04 Å². The van der Waals surface area contributed by atoms with E-state index in [0.717, 1.165) is 6.42 Å². The molecule has 0 aliphatic rings. The number of nitrogens with two attached hydrogens (primary N) is 1. The second kappa shape index (κ2) is 4.25. The Kier molecular flexibility index (Phi) is 3.51. The van der Waals surface area contributed by atoms with Crippen molar-refractivity contribution in [2.24, 2.45) is 11.7 Å². The molecule has 0 aliphatic carbocycles. The van der Waals surface area contributed by atoms with Gasteiger partial charge in [0, 0.05) is 15.8 Å². The lowest BCUT2D eigenvalue weighted by molar-refractivity contribution is 0.518. The van der Waals surface area contributed by atoms with Gasteiger partial charge in [0.15, 0.2) is 0 Å². The van der Waals surface area contributed by atoms with Gasteiger partial charge in [0.1, 0.15) is 0 Å². The van der Waals surface area contributed by atoms with Crippen LogP contribution in [0.2, 0.25) is 0 Å². The topological polar surface area (TPSA) is 26.0 Å². The van der Waals surface area contributed by atoms with E-state index in [1.165, 1.54) is 15.3 Å². The highest BCUT2D eigenvalue weighted by molar-refractivity contribution is 7.12. The molecule has 13 heavy (non-hydrogen) atoms. The molecule has 0 fully saturated rings. The van der Waals surface area contributed by atoms with Gasteiger partial charge in [0.25, 0.3) is 0 Å². The minimum atomic E-state index is 0.216. The summed E-state index contributed by atoms with van der Waals surface area (Å²) in [5.74, 6) is 0.531. The van der Waals surface area contributed by atoms with Gasteiger partial charge in [-0.3, -0.25) is 0 Å². The third-order valence-electron chi connectivity index (χ3n) is 2.37. The van der Waals surface area contributed by atoms with E-state index in [0.29, 0.717) is 5.92 Å². The van der Waals surface area contributed by atoms with E-state index in [1.807, 2.05) is 11.3 Å². The zero-order valence-electron chi connectivity index (χ0n) is 8.92. The van der Waals surface area contributed by atoms with E-state index >= 15 is 0 Å². The van der Waals surface area contributed by atoms with Crippen LogP contribution in [-0.2, 0) is 6.42 Å². The molecular weight excluding hydrogens is 178 g/mol. The Labute approximate surface area is 85.0 Å². The van der Waals surface area contributed by atoms with Gasteiger partial charge in [0.2, 0.25) is 0 Å². The summed E-state index contributed by atoms with van der Waals surface area (Å²) in [6.45, 7) is 8.71.